The molecule has 1 aliphatic heterocycles. The van der Waals surface area contributed by atoms with Crippen LogP contribution in [0.15, 0.2) is 48.5 Å². The van der Waals surface area contributed by atoms with Crippen molar-refractivity contribution in [2.24, 2.45) is 5.92 Å². The molecule has 1 amide bonds. The van der Waals surface area contributed by atoms with Gasteiger partial charge in [-0.1, -0.05) is 36.8 Å². The second kappa shape index (κ2) is 11.8. The van der Waals surface area contributed by atoms with Crippen molar-refractivity contribution in [2.75, 3.05) is 33.4 Å². The van der Waals surface area contributed by atoms with E-state index in [-0.39, 0.29) is 17.8 Å². The minimum absolute atomic E-state index is 0.141. The summed E-state index contributed by atoms with van der Waals surface area (Å²) in [6, 6.07) is 14.9. The van der Waals surface area contributed by atoms with Gasteiger partial charge in [-0.25, -0.2) is 4.79 Å². The van der Waals surface area contributed by atoms with Gasteiger partial charge in [-0.15, -0.1) is 0 Å². The van der Waals surface area contributed by atoms with Crippen molar-refractivity contribution in [1.82, 2.24) is 10.2 Å². The molecule has 0 radical (unpaired) electrons. The molecule has 1 atom stereocenters. The summed E-state index contributed by atoms with van der Waals surface area (Å²) in [4.78, 5) is 27.3. The van der Waals surface area contributed by atoms with E-state index in [0.29, 0.717) is 5.56 Å². The SMILES string of the molecule is COC(=O)C(NC(=O)c1ccc(C#Cc2ccc(CN3CCOCC3)cc2)cc1)C1CCCC1. The largest absolute Gasteiger partial charge is 0.467 e. The van der Waals surface area contributed by atoms with Gasteiger partial charge >= 0.3 is 5.97 Å². The lowest BCUT2D eigenvalue weighted by Crippen LogP contribution is -2.45. The highest BCUT2D eigenvalue weighted by Gasteiger charge is 2.32. The van der Waals surface area contributed by atoms with E-state index < -0.39 is 6.04 Å². The van der Waals surface area contributed by atoms with E-state index in [2.05, 4.69) is 34.2 Å². The molecule has 178 valence electrons. The number of nitrogens with zero attached hydrogens (tertiary/aromatic N) is 1. The van der Waals surface area contributed by atoms with Crippen LogP contribution >= 0.6 is 0 Å². The van der Waals surface area contributed by atoms with Crippen LogP contribution in [0.5, 0.6) is 0 Å². The zero-order chi connectivity index (χ0) is 23.8. The molecule has 1 heterocycles. The van der Waals surface area contributed by atoms with E-state index in [4.69, 9.17) is 9.47 Å². The smallest absolute Gasteiger partial charge is 0.328 e. The first-order valence-corrected chi connectivity index (χ1v) is 12.0. The average molecular weight is 461 g/mol. The zero-order valence-electron chi connectivity index (χ0n) is 19.7. The Bertz CT molecular complexity index is 1020. The topological polar surface area (TPSA) is 67.9 Å². The molecule has 6 nitrogen and oxygen atoms in total. The fourth-order valence-electron chi connectivity index (χ4n) is 4.57. The molecule has 0 spiro atoms. The molecule has 34 heavy (non-hydrogen) atoms. The third-order valence-corrected chi connectivity index (χ3v) is 6.58. The van der Waals surface area contributed by atoms with Gasteiger partial charge in [-0.3, -0.25) is 9.69 Å². The summed E-state index contributed by atoms with van der Waals surface area (Å²) in [6.07, 6.45) is 4.03. The summed E-state index contributed by atoms with van der Waals surface area (Å²) in [6.45, 7) is 4.48. The number of carbonyl (C=O) groups excluding carboxylic acids is 2. The van der Waals surface area contributed by atoms with Crippen molar-refractivity contribution in [3.8, 4) is 11.8 Å². The number of amides is 1. The third kappa shape index (κ3) is 6.47. The molecule has 0 bridgehead atoms. The van der Waals surface area contributed by atoms with Crippen molar-refractivity contribution < 1.29 is 19.1 Å². The summed E-state index contributed by atoms with van der Waals surface area (Å²) in [7, 11) is 1.36. The maximum Gasteiger partial charge on any atom is 0.328 e. The highest BCUT2D eigenvalue weighted by Crippen LogP contribution is 2.28. The van der Waals surface area contributed by atoms with Gasteiger partial charge in [-0.05, 0) is 60.7 Å². The molecule has 2 fully saturated rings. The van der Waals surface area contributed by atoms with Crippen molar-refractivity contribution >= 4 is 11.9 Å². The molecule has 1 unspecified atom stereocenters. The van der Waals surface area contributed by atoms with Crippen LogP contribution in [-0.4, -0.2) is 56.2 Å². The highest BCUT2D eigenvalue weighted by atomic mass is 16.5. The molecule has 2 aliphatic rings. The second-order valence-electron chi connectivity index (χ2n) is 8.93. The molecular formula is C28H32N2O4. The lowest BCUT2D eigenvalue weighted by molar-refractivity contribution is -0.144. The van der Waals surface area contributed by atoms with Crippen LogP contribution in [0.4, 0.5) is 0 Å². The number of hydrogen-bond donors (Lipinski definition) is 1. The van der Waals surface area contributed by atoms with Crippen LogP contribution in [0.2, 0.25) is 0 Å². The number of methoxy groups -OCH3 is 1. The number of esters is 1. The Labute approximate surface area is 201 Å². The first-order chi connectivity index (χ1) is 16.6. The molecule has 4 rings (SSSR count). The van der Waals surface area contributed by atoms with Gasteiger partial charge in [0, 0.05) is 36.3 Å². The lowest BCUT2D eigenvalue weighted by atomic mass is 9.97. The molecule has 2 aromatic carbocycles. The van der Waals surface area contributed by atoms with Crippen LogP contribution in [-0.2, 0) is 20.8 Å². The minimum Gasteiger partial charge on any atom is -0.467 e. The van der Waals surface area contributed by atoms with Crippen LogP contribution in [0.1, 0.15) is 52.7 Å². The van der Waals surface area contributed by atoms with E-state index in [1.165, 1.54) is 12.7 Å². The fourth-order valence-corrected chi connectivity index (χ4v) is 4.57. The predicted octanol–water partition coefficient (Wildman–Crippen LogP) is 3.38. The number of rotatable bonds is 6. The van der Waals surface area contributed by atoms with E-state index in [1.807, 2.05) is 24.3 Å². The molecule has 6 heteroatoms. The van der Waals surface area contributed by atoms with Gasteiger partial charge in [0.25, 0.3) is 5.91 Å². The van der Waals surface area contributed by atoms with Gasteiger partial charge in [0.05, 0.1) is 20.3 Å². The minimum atomic E-state index is -0.592. The Morgan fingerprint density at radius 2 is 1.59 bits per heavy atom. The van der Waals surface area contributed by atoms with Crippen molar-refractivity contribution in [3.63, 3.8) is 0 Å². The van der Waals surface area contributed by atoms with Crippen LogP contribution in [0.3, 0.4) is 0 Å². The Morgan fingerprint density at radius 3 is 2.18 bits per heavy atom. The van der Waals surface area contributed by atoms with Gasteiger partial charge in [-0.2, -0.15) is 0 Å². The summed E-state index contributed by atoms with van der Waals surface area (Å²) in [5, 5.41) is 2.88. The number of morpholine rings is 1. The molecular weight excluding hydrogens is 428 g/mol. The highest BCUT2D eigenvalue weighted by molar-refractivity contribution is 5.97. The Morgan fingerprint density at radius 1 is 1.00 bits per heavy atom. The summed E-state index contributed by atoms with van der Waals surface area (Å²) in [5.41, 5.74) is 3.55. The third-order valence-electron chi connectivity index (χ3n) is 6.58. The van der Waals surface area contributed by atoms with Gasteiger partial charge in [0.2, 0.25) is 0 Å². The van der Waals surface area contributed by atoms with E-state index in [9.17, 15) is 9.59 Å². The van der Waals surface area contributed by atoms with Gasteiger partial charge in [0.15, 0.2) is 0 Å². The number of benzene rings is 2. The normalized spacial score (nSPS) is 17.4. The van der Waals surface area contributed by atoms with E-state index in [0.717, 1.165) is 69.7 Å². The summed E-state index contributed by atoms with van der Waals surface area (Å²) in [5.74, 6) is 5.84. The molecule has 1 aliphatic carbocycles. The van der Waals surface area contributed by atoms with Crippen molar-refractivity contribution in [2.45, 2.75) is 38.3 Å². The van der Waals surface area contributed by atoms with E-state index in [1.54, 1.807) is 12.1 Å². The average Bonchev–Trinajstić information content (AvgIpc) is 3.42. The number of hydrogen-bond acceptors (Lipinski definition) is 5. The summed E-state index contributed by atoms with van der Waals surface area (Å²) < 4.78 is 10.3. The number of ether oxygens (including phenoxy) is 2. The zero-order valence-corrected chi connectivity index (χ0v) is 19.7. The Balaban J connectivity index is 1.34. The fraction of sp³-hybridized carbons (Fsp3) is 0.429. The lowest BCUT2D eigenvalue weighted by Gasteiger charge is -2.26. The molecule has 1 saturated heterocycles. The Hall–Kier alpha value is -3.14. The monoisotopic (exact) mass is 460 g/mol. The van der Waals surface area contributed by atoms with Crippen LogP contribution in [0, 0.1) is 17.8 Å². The standard InChI is InChI=1S/C28H32N2O4/c1-33-28(32)26(24-4-2-3-5-24)29-27(31)25-14-12-22(13-15-25)7-6-21-8-10-23(11-9-21)20-30-16-18-34-19-17-30/h8-15,24,26H,2-5,16-20H2,1H3,(H,29,31). The maximum atomic E-state index is 12.7. The molecule has 1 N–H and O–H groups in total. The Kier molecular flexibility index (Phi) is 8.35. The van der Waals surface area contributed by atoms with Crippen molar-refractivity contribution in [1.29, 1.82) is 0 Å². The van der Waals surface area contributed by atoms with Crippen LogP contribution in [0.25, 0.3) is 0 Å². The number of carbonyl (C=O) groups is 2. The van der Waals surface area contributed by atoms with Crippen LogP contribution < -0.4 is 5.32 Å². The number of nitrogens with one attached hydrogen (secondary N) is 1. The summed E-state index contributed by atoms with van der Waals surface area (Å²) >= 11 is 0. The quantitative estimate of drug-likeness (QED) is 0.529. The predicted molar refractivity (Wildman–Crippen MR) is 130 cm³/mol. The maximum absolute atomic E-state index is 12.7. The first-order valence-electron chi connectivity index (χ1n) is 12.0. The molecule has 1 saturated carbocycles. The molecule has 2 aromatic rings. The van der Waals surface area contributed by atoms with Gasteiger partial charge in [0.1, 0.15) is 6.04 Å². The van der Waals surface area contributed by atoms with E-state index >= 15 is 0 Å². The second-order valence-corrected chi connectivity index (χ2v) is 8.93. The molecule has 0 aromatic heterocycles. The first kappa shape index (κ1) is 24.0. The van der Waals surface area contributed by atoms with Gasteiger partial charge < -0.3 is 14.8 Å². The van der Waals surface area contributed by atoms with Crippen molar-refractivity contribution in [3.05, 3.63) is 70.8 Å².